The van der Waals surface area contributed by atoms with Gasteiger partial charge in [-0.15, -0.1) is 0 Å². The van der Waals surface area contributed by atoms with Gasteiger partial charge in [0, 0.05) is 6.54 Å². The van der Waals surface area contributed by atoms with Crippen LogP contribution in [-0.2, 0) is 4.74 Å². The van der Waals surface area contributed by atoms with Gasteiger partial charge in [0.2, 0.25) is 0 Å². The summed E-state index contributed by atoms with van der Waals surface area (Å²) in [7, 11) is 0. The first-order chi connectivity index (χ1) is 5.57. The SMILES string of the molecule is NC[C@@H]1O[C@@H](O)[C@H](O)[C@@H](O)[C@@H]1O. The minimum Gasteiger partial charge on any atom is -0.388 e. The molecule has 0 aromatic rings. The normalized spacial score (nSPS) is 49.2. The van der Waals surface area contributed by atoms with E-state index in [1.165, 1.54) is 0 Å². The van der Waals surface area contributed by atoms with Crippen molar-refractivity contribution in [2.75, 3.05) is 6.54 Å². The van der Waals surface area contributed by atoms with Crippen molar-refractivity contribution in [3.63, 3.8) is 0 Å². The van der Waals surface area contributed by atoms with Crippen LogP contribution in [0.5, 0.6) is 0 Å². The van der Waals surface area contributed by atoms with E-state index in [9.17, 15) is 5.11 Å². The number of hydrogen-bond donors (Lipinski definition) is 5. The minimum atomic E-state index is -1.49. The summed E-state index contributed by atoms with van der Waals surface area (Å²) < 4.78 is 4.70. The van der Waals surface area contributed by atoms with Gasteiger partial charge in [0.05, 0.1) is 0 Å². The van der Waals surface area contributed by atoms with E-state index in [1.54, 1.807) is 0 Å². The molecule has 0 aromatic carbocycles. The molecule has 12 heavy (non-hydrogen) atoms. The number of nitrogens with two attached hydrogens (primary N) is 1. The van der Waals surface area contributed by atoms with Crippen molar-refractivity contribution < 1.29 is 25.2 Å². The molecule has 0 aliphatic carbocycles. The number of hydrogen-bond acceptors (Lipinski definition) is 6. The highest BCUT2D eigenvalue weighted by Crippen LogP contribution is 2.18. The van der Waals surface area contributed by atoms with Crippen LogP contribution in [0.15, 0.2) is 0 Å². The first-order valence-electron chi connectivity index (χ1n) is 3.65. The van der Waals surface area contributed by atoms with E-state index >= 15 is 0 Å². The van der Waals surface area contributed by atoms with Crippen LogP contribution in [0.4, 0.5) is 0 Å². The van der Waals surface area contributed by atoms with Gasteiger partial charge in [0.25, 0.3) is 0 Å². The Morgan fingerprint density at radius 1 is 1.00 bits per heavy atom. The lowest BCUT2D eigenvalue weighted by atomic mass is 9.99. The quantitative estimate of drug-likeness (QED) is 0.288. The topological polar surface area (TPSA) is 116 Å². The highest BCUT2D eigenvalue weighted by atomic mass is 16.6. The molecule has 0 radical (unpaired) electrons. The van der Waals surface area contributed by atoms with Crippen LogP contribution >= 0.6 is 0 Å². The Hall–Kier alpha value is -0.240. The summed E-state index contributed by atoms with van der Waals surface area (Å²) in [5.74, 6) is 0. The van der Waals surface area contributed by atoms with Crippen LogP contribution in [0.3, 0.4) is 0 Å². The molecule has 1 fully saturated rings. The monoisotopic (exact) mass is 179 g/mol. The molecular weight excluding hydrogens is 166 g/mol. The highest BCUT2D eigenvalue weighted by molar-refractivity contribution is 4.88. The van der Waals surface area contributed by atoms with Gasteiger partial charge < -0.3 is 30.9 Å². The summed E-state index contributed by atoms with van der Waals surface area (Å²) >= 11 is 0. The minimum absolute atomic E-state index is 0.0258. The fourth-order valence-electron chi connectivity index (χ4n) is 1.13. The van der Waals surface area contributed by atoms with Crippen LogP contribution in [0.1, 0.15) is 0 Å². The smallest absolute Gasteiger partial charge is 0.184 e. The molecule has 1 aliphatic rings. The highest BCUT2D eigenvalue weighted by Gasteiger charge is 2.42. The molecule has 0 aromatic heterocycles. The lowest BCUT2D eigenvalue weighted by Gasteiger charge is -2.37. The molecule has 72 valence electrons. The Kier molecular flexibility index (Phi) is 2.99. The van der Waals surface area contributed by atoms with Gasteiger partial charge in [-0.2, -0.15) is 0 Å². The zero-order valence-corrected chi connectivity index (χ0v) is 6.37. The van der Waals surface area contributed by atoms with Crippen LogP contribution < -0.4 is 5.73 Å². The summed E-state index contributed by atoms with van der Waals surface area (Å²) in [4.78, 5) is 0. The maximum absolute atomic E-state index is 9.20. The Morgan fingerprint density at radius 3 is 2.08 bits per heavy atom. The van der Waals surface area contributed by atoms with Crippen molar-refractivity contribution in [1.82, 2.24) is 0 Å². The third-order valence-electron chi connectivity index (χ3n) is 1.92. The van der Waals surface area contributed by atoms with Crippen LogP contribution in [-0.4, -0.2) is 57.7 Å². The van der Waals surface area contributed by atoms with E-state index < -0.39 is 30.7 Å². The molecule has 1 saturated heterocycles. The Bertz CT molecular complexity index is 150. The van der Waals surface area contributed by atoms with Crippen molar-refractivity contribution in [3.05, 3.63) is 0 Å². The van der Waals surface area contributed by atoms with E-state index in [0.29, 0.717) is 0 Å². The van der Waals surface area contributed by atoms with Gasteiger partial charge in [-0.05, 0) is 0 Å². The number of aliphatic hydroxyl groups is 4. The molecule has 0 spiro atoms. The standard InChI is InChI=1S/C6H13NO5/c7-1-2-3(8)4(9)5(10)6(11)12-2/h2-6,8-11H,1,7H2/t2-,3+,4-,5+,6+/m0/s1. The van der Waals surface area contributed by atoms with E-state index in [1.807, 2.05) is 0 Å². The van der Waals surface area contributed by atoms with Crippen molar-refractivity contribution >= 4 is 0 Å². The van der Waals surface area contributed by atoms with E-state index in [0.717, 1.165) is 0 Å². The molecule has 0 amide bonds. The number of aliphatic hydroxyl groups excluding tert-OH is 4. The van der Waals surface area contributed by atoms with Crippen LogP contribution in [0.2, 0.25) is 0 Å². The largest absolute Gasteiger partial charge is 0.388 e. The van der Waals surface area contributed by atoms with E-state index in [-0.39, 0.29) is 6.54 Å². The molecule has 6 N–H and O–H groups in total. The predicted molar refractivity (Wildman–Crippen MR) is 38.0 cm³/mol. The molecule has 5 atom stereocenters. The maximum Gasteiger partial charge on any atom is 0.184 e. The average molecular weight is 179 g/mol. The molecule has 1 rings (SSSR count). The lowest BCUT2D eigenvalue weighted by Crippen LogP contribution is -2.59. The fourth-order valence-corrected chi connectivity index (χ4v) is 1.13. The van der Waals surface area contributed by atoms with Crippen molar-refractivity contribution in [1.29, 1.82) is 0 Å². The molecule has 1 aliphatic heterocycles. The van der Waals surface area contributed by atoms with Gasteiger partial charge in [0.1, 0.15) is 24.4 Å². The molecule has 0 unspecified atom stereocenters. The predicted octanol–water partition coefficient (Wildman–Crippen LogP) is -3.25. The molecule has 0 saturated carbocycles. The summed E-state index contributed by atoms with van der Waals surface area (Å²) in [5, 5.41) is 36.3. The van der Waals surface area contributed by atoms with Crippen molar-refractivity contribution in [2.45, 2.75) is 30.7 Å². The number of ether oxygens (including phenoxy) is 1. The second-order valence-electron chi connectivity index (χ2n) is 2.77. The Labute approximate surface area is 69.2 Å². The molecular formula is C6H13NO5. The first-order valence-corrected chi connectivity index (χ1v) is 3.65. The van der Waals surface area contributed by atoms with E-state index in [4.69, 9.17) is 25.8 Å². The van der Waals surface area contributed by atoms with Gasteiger partial charge in [0.15, 0.2) is 6.29 Å². The molecule has 6 heteroatoms. The Morgan fingerprint density at radius 2 is 1.58 bits per heavy atom. The molecule has 6 nitrogen and oxygen atoms in total. The van der Waals surface area contributed by atoms with E-state index in [2.05, 4.69) is 0 Å². The lowest BCUT2D eigenvalue weighted by molar-refractivity contribution is -0.279. The maximum atomic E-state index is 9.20. The second kappa shape index (κ2) is 3.65. The number of rotatable bonds is 1. The van der Waals surface area contributed by atoms with Gasteiger partial charge in [-0.1, -0.05) is 0 Å². The third kappa shape index (κ3) is 1.58. The summed E-state index contributed by atoms with van der Waals surface area (Å²) in [6.45, 7) is -0.0258. The second-order valence-corrected chi connectivity index (χ2v) is 2.77. The van der Waals surface area contributed by atoms with Crippen LogP contribution in [0.25, 0.3) is 0 Å². The fraction of sp³-hybridized carbons (Fsp3) is 1.00. The van der Waals surface area contributed by atoms with Crippen molar-refractivity contribution in [3.8, 4) is 0 Å². The average Bonchev–Trinajstić information content (AvgIpc) is 2.08. The van der Waals surface area contributed by atoms with Gasteiger partial charge >= 0.3 is 0 Å². The molecule has 1 heterocycles. The first kappa shape index (κ1) is 9.85. The van der Waals surface area contributed by atoms with Crippen LogP contribution in [0, 0.1) is 0 Å². The summed E-state index contributed by atoms with van der Waals surface area (Å²) in [6, 6.07) is 0. The van der Waals surface area contributed by atoms with Crippen molar-refractivity contribution in [2.24, 2.45) is 5.73 Å². The zero-order chi connectivity index (χ0) is 9.30. The summed E-state index contributed by atoms with van der Waals surface area (Å²) in [6.07, 6.45) is -6.48. The zero-order valence-electron chi connectivity index (χ0n) is 6.37. The Balaban J connectivity index is 2.63. The van der Waals surface area contributed by atoms with Gasteiger partial charge in [-0.25, -0.2) is 0 Å². The third-order valence-corrected chi connectivity index (χ3v) is 1.92. The summed E-state index contributed by atoms with van der Waals surface area (Å²) in [5.41, 5.74) is 5.17. The van der Waals surface area contributed by atoms with Gasteiger partial charge in [-0.3, -0.25) is 0 Å². The molecule has 0 bridgehead atoms.